The van der Waals surface area contributed by atoms with Gasteiger partial charge in [0.1, 0.15) is 11.2 Å². The number of alkyl halides is 3. The van der Waals surface area contributed by atoms with Crippen LogP contribution in [0.4, 0.5) is 23.7 Å². The van der Waals surface area contributed by atoms with Crippen LogP contribution in [-0.4, -0.2) is 58.2 Å². The van der Waals surface area contributed by atoms with E-state index < -0.39 is 37.1 Å². The van der Waals surface area contributed by atoms with Gasteiger partial charge in [0.2, 0.25) is 5.91 Å². The number of para-hydroxylation sites is 1. The molecule has 2 aromatic rings. The summed E-state index contributed by atoms with van der Waals surface area (Å²) in [5.74, 6) is -3.01. The average molecular weight is 505 g/mol. The van der Waals surface area contributed by atoms with Crippen molar-refractivity contribution < 1.29 is 27.5 Å². The molecule has 36 heavy (non-hydrogen) atoms. The fourth-order valence-electron chi connectivity index (χ4n) is 5.62. The Bertz CT molecular complexity index is 1170. The Morgan fingerprint density at radius 2 is 1.92 bits per heavy atom. The SMILES string of the molecule is CC(C)OC(=O)N1CC2(C1)C(=O)N(Cc1nc3c(n1CC(F)(F)CCF)CCCC3)c1ccccc12. The number of carbonyl (C=O) groups is 2. The minimum atomic E-state index is -3.21. The van der Waals surface area contributed by atoms with Crippen molar-refractivity contribution in [3.63, 3.8) is 0 Å². The third-order valence-corrected chi connectivity index (χ3v) is 7.34. The van der Waals surface area contributed by atoms with Crippen LogP contribution in [0.1, 0.15) is 55.9 Å². The van der Waals surface area contributed by atoms with Crippen LogP contribution in [0, 0.1) is 0 Å². The van der Waals surface area contributed by atoms with E-state index in [4.69, 9.17) is 9.72 Å². The van der Waals surface area contributed by atoms with Crippen LogP contribution < -0.4 is 4.90 Å². The molecule has 0 radical (unpaired) electrons. The van der Waals surface area contributed by atoms with E-state index in [9.17, 15) is 22.8 Å². The number of benzene rings is 1. The molecule has 0 N–H and O–H groups in total. The number of aromatic nitrogens is 2. The number of halogens is 3. The van der Waals surface area contributed by atoms with Gasteiger partial charge in [0.05, 0.1) is 31.6 Å². The molecule has 3 aliphatic rings. The lowest BCUT2D eigenvalue weighted by Crippen LogP contribution is -2.65. The predicted molar refractivity (Wildman–Crippen MR) is 127 cm³/mol. The zero-order valence-corrected chi connectivity index (χ0v) is 20.6. The van der Waals surface area contributed by atoms with Gasteiger partial charge < -0.3 is 19.1 Å². The molecule has 3 heterocycles. The van der Waals surface area contributed by atoms with Crippen molar-refractivity contribution in [1.82, 2.24) is 14.5 Å². The Hall–Kier alpha value is -3.04. The van der Waals surface area contributed by atoms with Crippen molar-refractivity contribution in [2.45, 2.75) is 76.5 Å². The standard InChI is InChI=1S/C26H31F3N4O3/c1-17(2)36-24(35)31-14-25(15-31)18-7-3-5-9-20(18)32(23(25)34)13-22-30-19-8-4-6-10-21(19)33(22)16-26(28,29)11-12-27/h3,5,7,9,17H,4,6,8,10-16H2,1-2H3. The molecule has 0 bridgehead atoms. The number of likely N-dealkylation sites (tertiary alicyclic amines) is 1. The summed E-state index contributed by atoms with van der Waals surface area (Å²) < 4.78 is 48.7. The van der Waals surface area contributed by atoms with Gasteiger partial charge in [-0.2, -0.15) is 0 Å². The highest BCUT2D eigenvalue weighted by Gasteiger charge is 2.59. The topological polar surface area (TPSA) is 67.7 Å². The molecule has 1 fully saturated rings. The van der Waals surface area contributed by atoms with Crippen LogP contribution in [-0.2, 0) is 40.9 Å². The van der Waals surface area contributed by atoms with Crippen molar-refractivity contribution >= 4 is 17.7 Å². The summed E-state index contributed by atoms with van der Waals surface area (Å²) in [6.45, 7) is 2.21. The van der Waals surface area contributed by atoms with Crippen molar-refractivity contribution in [3.05, 3.63) is 47.0 Å². The first-order valence-electron chi connectivity index (χ1n) is 12.5. The Kier molecular flexibility index (Phi) is 6.24. The molecule has 1 aliphatic carbocycles. The lowest BCUT2D eigenvalue weighted by molar-refractivity contribution is -0.128. The molecule has 1 aromatic heterocycles. The second-order valence-corrected chi connectivity index (χ2v) is 10.3. The van der Waals surface area contributed by atoms with E-state index in [1.807, 2.05) is 24.3 Å². The Morgan fingerprint density at radius 3 is 2.64 bits per heavy atom. The fourth-order valence-corrected chi connectivity index (χ4v) is 5.62. The quantitative estimate of drug-likeness (QED) is 0.561. The molecule has 10 heteroatoms. The molecule has 2 aliphatic heterocycles. The number of imidazole rings is 1. The first-order valence-corrected chi connectivity index (χ1v) is 12.5. The van der Waals surface area contributed by atoms with Crippen molar-refractivity contribution in [1.29, 1.82) is 0 Å². The first kappa shape index (κ1) is 24.6. The van der Waals surface area contributed by atoms with Gasteiger partial charge in [-0.05, 0) is 51.2 Å². The maximum Gasteiger partial charge on any atom is 0.410 e. The summed E-state index contributed by atoms with van der Waals surface area (Å²) in [6.07, 6.45) is 1.57. The second-order valence-electron chi connectivity index (χ2n) is 10.3. The van der Waals surface area contributed by atoms with Gasteiger partial charge in [0, 0.05) is 30.9 Å². The van der Waals surface area contributed by atoms with Crippen LogP contribution in [0.15, 0.2) is 24.3 Å². The molecular formula is C26H31F3N4O3. The molecule has 7 nitrogen and oxygen atoms in total. The summed E-state index contributed by atoms with van der Waals surface area (Å²) >= 11 is 0. The lowest BCUT2D eigenvalue weighted by atomic mass is 9.75. The molecule has 1 spiro atoms. The zero-order valence-electron chi connectivity index (χ0n) is 20.6. The highest BCUT2D eigenvalue weighted by Crippen LogP contribution is 2.48. The molecule has 5 rings (SSSR count). The third-order valence-electron chi connectivity index (χ3n) is 7.34. The highest BCUT2D eigenvalue weighted by atomic mass is 19.3. The lowest BCUT2D eigenvalue weighted by Gasteiger charge is -2.46. The fraction of sp³-hybridized carbons (Fsp3) is 0.577. The van der Waals surface area contributed by atoms with Crippen LogP contribution in [0.25, 0.3) is 0 Å². The normalized spacial score (nSPS) is 18.4. The Morgan fingerprint density at radius 1 is 1.19 bits per heavy atom. The van der Waals surface area contributed by atoms with Gasteiger partial charge in [0.25, 0.3) is 5.92 Å². The van der Waals surface area contributed by atoms with Crippen LogP contribution in [0.2, 0.25) is 0 Å². The smallest absolute Gasteiger partial charge is 0.410 e. The number of hydrogen-bond donors (Lipinski definition) is 0. The van der Waals surface area contributed by atoms with Gasteiger partial charge in [0.15, 0.2) is 0 Å². The molecule has 1 saturated heterocycles. The number of anilines is 1. The molecule has 2 amide bonds. The van der Waals surface area contributed by atoms with E-state index in [2.05, 4.69) is 0 Å². The summed E-state index contributed by atoms with van der Waals surface area (Å²) in [7, 11) is 0. The van der Waals surface area contributed by atoms with E-state index in [1.54, 1.807) is 18.7 Å². The molecule has 0 unspecified atom stereocenters. The number of fused-ring (bicyclic) bond motifs is 3. The maximum absolute atomic E-state index is 14.5. The van der Waals surface area contributed by atoms with Crippen LogP contribution in [0.5, 0.6) is 0 Å². The number of ether oxygens (including phenoxy) is 1. The van der Waals surface area contributed by atoms with Gasteiger partial charge in [-0.25, -0.2) is 18.6 Å². The van der Waals surface area contributed by atoms with Gasteiger partial charge >= 0.3 is 6.09 Å². The molecule has 1 aromatic carbocycles. The number of rotatable bonds is 7. The van der Waals surface area contributed by atoms with Crippen molar-refractivity contribution in [2.75, 3.05) is 24.7 Å². The predicted octanol–water partition coefficient (Wildman–Crippen LogP) is 4.40. The molecule has 0 atom stereocenters. The summed E-state index contributed by atoms with van der Waals surface area (Å²) in [6, 6.07) is 7.39. The number of carbonyl (C=O) groups excluding carboxylic acids is 2. The van der Waals surface area contributed by atoms with E-state index in [1.165, 1.54) is 9.47 Å². The van der Waals surface area contributed by atoms with Gasteiger partial charge in [-0.3, -0.25) is 9.18 Å². The summed E-state index contributed by atoms with van der Waals surface area (Å²) in [4.78, 5) is 34.0. The average Bonchev–Trinajstić information content (AvgIpc) is 3.25. The number of amides is 2. The van der Waals surface area contributed by atoms with Gasteiger partial charge in [-0.15, -0.1) is 0 Å². The molecule has 0 saturated carbocycles. The largest absolute Gasteiger partial charge is 0.447 e. The highest BCUT2D eigenvalue weighted by molar-refractivity contribution is 6.09. The van der Waals surface area contributed by atoms with Crippen LogP contribution >= 0.6 is 0 Å². The third kappa shape index (κ3) is 4.14. The van der Waals surface area contributed by atoms with Crippen LogP contribution in [0.3, 0.4) is 0 Å². The minimum Gasteiger partial charge on any atom is -0.447 e. The van der Waals surface area contributed by atoms with Crippen molar-refractivity contribution in [3.8, 4) is 0 Å². The minimum absolute atomic E-state index is 0.0345. The molecule has 194 valence electrons. The van der Waals surface area contributed by atoms with E-state index in [0.29, 0.717) is 24.4 Å². The van der Waals surface area contributed by atoms with Gasteiger partial charge in [-0.1, -0.05) is 18.2 Å². The molecular weight excluding hydrogens is 473 g/mol. The number of aryl methyl sites for hydroxylation is 1. The van der Waals surface area contributed by atoms with E-state index in [0.717, 1.165) is 29.8 Å². The van der Waals surface area contributed by atoms with Crippen molar-refractivity contribution in [2.24, 2.45) is 0 Å². The number of hydrogen-bond acceptors (Lipinski definition) is 4. The summed E-state index contributed by atoms with van der Waals surface area (Å²) in [5.41, 5.74) is 2.17. The first-order chi connectivity index (χ1) is 17.1. The van der Waals surface area contributed by atoms with E-state index >= 15 is 0 Å². The zero-order chi connectivity index (χ0) is 25.7. The van der Waals surface area contributed by atoms with E-state index in [-0.39, 0.29) is 31.6 Å². The number of nitrogens with zero attached hydrogens (tertiary/aromatic N) is 4. The Labute approximate surface area is 208 Å². The second kappa shape index (κ2) is 9.12. The summed E-state index contributed by atoms with van der Waals surface area (Å²) in [5, 5.41) is 0. The Balaban J connectivity index is 1.45. The monoisotopic (exact) mass is 504 g/mol. The maximum atomic E-state index is 14.5.